The van der Waals surface area contributed by atoms with Crippen LogP contribution in [0.5, 0.6) is 0 Å². The molecule has 0 atom stereocenters. The van der Waals surface area contributed by atoms with E-state index in [4.69, 9.17) is 16.9 Å². The fourth-order valence-corrected chi connectivity index (χ4v) is 1.73. The monoisotopic (exact) mass is 259 g/mol. The third-order valence-electron chi connectivity index (χ3n) is 2.64. The number of nitriles is 1. The third-order valence-corrected chi connectivity index (χ3v) is 3.04. The quantitative estimate of drug-likeness (QED) is 0.790. The van der Waals surface area contributed by atoms with Crippen molar-refractivity contribution in [1.82, 2.24) is 9.78 Å². The Kier molecular flexibility index (Phi) is 3.17. The van der Waals surface area contributed by atoms with E-state index in [0.29, 0.717) is 16.4 Å². The Morgan fingerprint density at radius 1 is 1.33 bits per heavy atom. The van der Waals surface area contributed by atoms with Gasteiger partial charge in [0.25, 0.3) is 5.56 Å². The number of aromatic nitrogens is 2. The fourth-order valence-electron chi connectivity index (χ4n) is 1.55. The van der Waals surface area contributed by atoms with Gasteiger partial charge in [0.1, 0.15) is 6.07 Å². The molecule has 2 aromatic rings. The first-order valence-electron chi connectivity index (χ1n) is 5.30. The van der Waals surface area contributed by atoms with Crippen LogP contribution in [0, 0.1) is 25.2 Å². The van der Waals surface area contributed by atoms with Crippen molar-refractivity contribution in [2.45, 2.75) is 13.8 Å². The van der Waals surface area contributed by atoms with E-state index in [2.05, 4.69) is 5.10 Å². The molecule has 1 heterocycles. The molecule has 18 heavy (non-hydrogen) atoms. The highest BCUT2D eigenvalue weighted by Crippen LogP contribution is 2.18. The van der Waals surface area contributed by atoms with E-state index in [9.17, 15) is 4.79 Å². The number of hydrogen-bond donors (Lipinski definition) is 0. The minimum absolute atomic E-state index is 0.287. The Balaban J connectivity index is 2.65. The van der Waals surface area contributed by atoms with E-state index in [1.165, 1.54) is 10.7 Å². The highest BCUT2D eigenvalue weighted by atomic mass is 35.5. The van der Waals surface area contributed by atoms with E-state index in [1.807, 2.05) is 19.1 Å². The summed E-state index contributed by atoms with van der Waals surface area (Å²) < 4.78 is 1.24. The van der Waals surface area contributed by atoms with Gasteiger partial charge in [-0.25, -0.2) is 0 Å². The van der Waals surface area contributed by atoms with Crippen LogP contribution in [0.25, 0.3) is 5.69 Å². The molecule has 0 saturated heterocycles. The van der Waals surface area contributed by atoms with Crippen LogP contribution in [-0.4, -0.2) is 9.78 Å². The summed E-state index contributed by atoms with van der Waals surface area (Å²) in [4.78, 5) is 11.9. The summed E-state index contributed by atoms with van der Waals surface area (Å²) in [6.45, 7) is 3.57. The van der Waals surface area contributed by atoms with Crippen LogP contribution in [0.1, 0.15) is 16.8 Å². The molecule has 1 aromatic heterocycles. The molecule has 0 amide bonds. The molecule has 0 unspecified atom stereocenters. The van der Waals surface area contributed by atoms with Gasteiger partial charge in [0.15, 0.2) is 0 Å². The molecule has 0 aliphatic heterocycles. The summed E-state index contributed by atoms with van der Waals surface area (Å²) in [5, 5.41) is 13.5. The largest absolute Gasteiger partial charge is 0.272 e. The second-order valence-corrected chi connectivity index (χ2v) is 4.35. The smallest absolute Gasteiger partial charge is 0.267 e. The van der Waals surface area contributed by atoms with Crippen molar-refractivity contribution >= 4 is 11.6 Å². The Morgan fingerprint density at radius 3 is 2.67 bits per heavy atom. The zero-order valence-corrected chi connectivity index (χ0v) is 10.7. The molecule has 0 saturated carbocycles. The average molecular weight is 260 g/mol. The van der Waals surface area contributed by atoms with Gasteiger partial charge in [-0.2, -0.15) is 15.0 Å². The molecule has 1 aromatic carbocycles. The lowest BCUT2D eigenvalue weighted by atomic mass is 10.2. The van der Waals surface area contributed by atoms with E-state index in [-0.39, 0.29) is 11.1 Å². The van der Waals surface area contributed by atoms with Crippen molar-refractivity contribution in [1.29, 1.82) is 5.26 Å². The lowest BCUT2D eigenvalue weighted by molar-refractivity contribution is 0.782. The Labute approximate surface area is 109 Å². The first kappa shape index (κ1) is 12.3. The maximum absolute atomic E-state index is 11.9. The molecule has 90 valence electrons. The summed E-state index contributed by atoms with van der Waals surface area (Å²) >= 11 is 6.02. The summed E-state index contributed by atoms with van der Waals surface area (Å²) in [6, 6.07) is 8.47. The number of halogens is 1. The lowest BCUT2D eigenvalue weighted by Crippen LogP contribution is -2.22. The second kappa shape index (κ2) is 4.63. The number of aryl methyl sites for hydroxylation is 2. The standard InChI is InChI=1S/C13H10ClN3O/c1-8-3-4-11(6-12(8)14)17-13(18)5-10(7-15)9(2)16-17/h3-6H,1-2H3. The second-order valence-electron chi connectivity index (χ2n) is 3.94. The van der Waals surface area contributed by atoms with Crippen LogP contribution >= 0.6 is 11.6 Å². The number of benzene rings is 1. The van der Waals surface area contributed by atoms with Gasteiger partial charge in [-0.3, -0.25) is 4.79 Å². The van der Waals surface area contributed by atoms with Gasteiger partial charge in [0, 0.05) is 11.1 Å². The van der Waals surface area contributed by atoms with Gasteiger partial charge in [-0.05, 0) is 31.5 Å². The van der Waals surface area contributed by atoms with Gasteiger partial charge in [0.05, 0.1) is 16.9 Å². The van der Waals surface area contributed by atoms with Crippen LogP contribution in [0.4, 0.5) is 0 Å². The SMILES string of the molecule is Cc1ccc(-n2nc(C)c(C#N)cc2=O)cc1Cl. The average Bonchev–Trinajstić information content (AvgIpc) is 2.35. The molecular weight excluding hydrogens is 250 g/mol. The molecule has 0 radical (unpaired) electrons. The number of rotatable bonds is 1. The predicted molar refractivity (Wildman–Crippen MR) is 69.0 cm³/mol. The van der Waals surface area contributed by atoms with Crippen molar-refractivity contribution in [2.24, 2.45) is 0 Å². The van der Waals surface area contributed by atoms with Crippen molar-refractivity contribution in [3.8, 4) is 11.8 Å². The lowest BCUT2D eigenvalue weighted by Gasteiger charge is -2.07. The Morgan fingerprint density at radius 2 is 2.06 bits per heavy atom. The van der Waals surface area contributed by atoms with E-state index in [1.54, 1.807) is 19.1 Å². The molecule has 0 bridgehead atoms. The van der Waals surface area contributed by atoms with Crippen LogP contribution in [0.15, 0.2) is 29.1 Å². The normalized spacial score (nSPS) is 10.1. The zero-order valence-electron chi connectivity index (χ0n) is 9.94. The van der Waals surface area contributed by atoms with Crippen molar-refractivity contribution in [2.75, 3.05) is 0 Å². The van der Waals surface area contributed by atoms with Gasteiger partial charge >= 0.3 is 0 Å². The first-order valence-corrected chi connectivity index (χ1v) is 5.68. The molecule has 0 fully saturated rings. The highest BCUT2D eigenvalue weighted by molar-refractivity contribution is 6.31. The van der Waals surface area contributed by atoms with Gasteiger partial charge < -0.3 is 0 Å². The molecular formula is C13H10ClN3O. The van der Waals surface area contributed by atoms with Crippen LogP contribution in [-0.2, 0) is 0 Å². The van der Waals surface area contributed by atoms with Crippen LogP contribution in [0.3, 0.4) is 0 Å². The summed E-state index contributed by atoms with van der Waals surface area (Å²) in [5.41, 5.74) is 1.96. The molecule has 2 rings (SSSR count). The minimum atomic E-state index is -0.350. The topological polar surface area (TPSA) is 58.7 Å². The van der Waals surface area contributed by atoms with E-state index >= 15 is 0 Å². The van der Waals surface area contributed by atoms with Gasteiger partial charge in [-0.15, -0.1) is 0 Å². The van der Waals surface area contributed by atoms with E-state index < -0.39 is 0 Å². The minimum Gasteiger partial charge on any atom is -0.267 e. The third kappa shape index (κ3) is 2.13. The summed E-state index contributed by atoms with van der Waals surface area (Å²) in [5.74, 6) is 0. The summed E-state index contributed by atoms with van der Waals surface area (Å²) in [6.07, 6.45) is 0. The van der Waals surface area contributed by atoms with Crippen molar-refractivity contribution < 1.29 is 0 Å². The van der Waals surface area contributed by atoms with Crippen molar-refractivity contribution in [3.05, 3.63) is 56.5 Å². The number of nitrogens with zero attached hydrogens (tertiary/aromatic N) is 3. The Bertz CT molecular complexity index is 713. The van der Waals surface area contributed by atoms with Gasteiger partial charge in [0.2, 0.25) is 0 Å². The van der Waals surface area contributed by atoms with Crippen LogP contribution in [0.2, 0.25) is 5.02 Å². The van der Waals surface area contributed by atoms with Crippen LogP contribution < -0.4 is 5.56 Å². The molecule has 4 nitrogen and oxygen atoms in total. The highest BCUT2D eigenvalue weighted by Gasteiger charge is 2.07. The fraction of sp³-hybridized carbons (Fsp3) is 0.154. The first-order chi connectivity index (χ1) is 8.52. The molecule has 0 aliphatic rings. The summed E-state index contributed by atoms with van der Waals surface area (Å²) in [7, 11) is 0. The maximum Gasteiger partial charge on any atom is 0.272 e. The number of hydrogen-bond acceptors (Lipinski definition) is 3. The predicted octanol–water partition coefficient (Wildman–Crippen LogP) is 2.37. The zero-order chi connectivity index (χ0) is 13.3. The molecule has 0 spiro atoms. The maximum atomic E-state index is 11.9. The van der Waals surface area contributed by atoms with Gasteiger partial charge in [-0.1, -0.05) is 17.7 Å². The molecule has 0 N–H and O–H groups in total. The van der Waals surface area contributed by atoms with Crippen molar-refractivity contribution in [3.63, 3.8) is 0 Å². The Hall–Kier alpha value is -2.12. The van der Waals surface area contributed by atoms with E-state index in [0.717, 1.165) is 5.56 Å². The molecule has 5 heteroatoms. The molecule has 0 aliphatic carbocycles.